The summed E-state index contributed by atoms with van der Waals surface area (Å²) in [6, 6.07) is 7.09. The van der Waals surface area contributed by atoms with E-state index in [9.17, 15) is 9.90 Å². The van der Waals surface area contributed by atoms with Gasteiger partial charge in [0.05, 0.1) is 11.4 Å². The molecule has 20 heavy (non-hydrogen) atoms. The third-order valence-corrected chi connectivity index (χ3v) is 3.60. The van der Waals surface area contributed by atoms with Gasteiger partial charge in [-0.15, -0.1) is 5.10 Å². The molecule has 1 aromatic heterocycles. The lowest BCUT2D eigenvalue weighted by molar-refractivity contribution is 0.0688. The smallest absolute Gasteiger partial charge is 0.358 e. The topological polar surface area (TPSA) is 68.0 Å². The summed E-state index contributed by atoms with van der Waals surface area (Å²) >= 11 is 5.87. The van der Waals surface area contributed by atoms with Crippen LogP contribution in [-0.4, -0.2) is 26.1 Å². The number of hydrogen-bond donors (Lipinski definition) is 1. The lowest BCUT2D eigenvalue weighted by atomic mass is 9.97. The number of benzene rings is 1. The average Bonchev–Trinajstić information content (AvgIpc) is 2.86. The fraction of sp³-hybridized carbons (Fsp3) is 0.357. The van der Waals surface area contributed by atoms with Gasteiger partial charge >= 0.3 is 5.97 Å². The SMILES string of the molecule is CCC(CC)c1c(C(=O)O)nnn1-c1ccc(Cl)cc1. The second kappa shape index (κ2) is 6.05. The largest absolute Gasteiger partial charge is 0.476 e. The quantitative estimate of drug-likeness (QED) is 0.916. The highest BCUT2D eigenvalue weighted by Crippen LogP contribution is 2.27. The first kappa shape index (κ1) is 14.5. The van der Waals surface area contributed by atoms with Gasteiger partial charge < -0.3 is 5.11 Å². The second-order valence-electron chi connectivity index (χ2n) is 4.53. The molecular formula is C14H16ClN3O2. The molecule has 0 atom stereocenters. The van der Waals surface area contributed by atoms with E-state index in [1.807, 2.05) is 13.8 Å². The fourth-order valence-corrected chi connectivity index (χ4v) is 2.38. The van der Waals surface area contributed by atoms with E-state index >= 15 is 0 Å². The standard InChI is InChI=1S/C14H16ClN3O2/c1-3-9(4-2)13-12(14(19)20)16-17-18(13)11-7-5-10(15)6-8-11/h5-9H,3-4H2,1-2H3,(H,19,20). The molecule has 0 bridgehead atoms. The molecular weight excluding hydrogens is 278 g/mol. The first-order valence-corrected chi connectivity index (χ1v) is 6.91. The van der Waals surface area contributed by atoms with Crippen molar-refractivity contribution in [3.63, 3.8) is 0 Å². The van der Waals surface area contributed by atoms with Crippen molar-refractivity contribution in [3.8, 4) is 5.69 Å². The molecule has 5 nitrogen and oxygen atoms in total. The van der Waals surface area contributed by atoms with E-state index in [4.69, 9.17) is 11.6 Å². The summed E-state index contributed by atoms with van der Waals surface area (Å²) in [6.45, 7) is 4.05. The number of halogens is 1. The maximum atomic E-state index is 11.3. The number of aromatic carboxylic acids is 1. The highest BCUT2D eigenvalue weighted by atomic mass is 35.5. The summed E-state index contributed by atoms with van der Waals surface area (Å²) in [4.78, 5) is 11.3. The van der Waals surface area contributed by atoms with Crippen LogP contribution in [0.4, 0.5) is 0 Å². The van der Waals surface area contributed by atoms with Gasteiger partial charge in [0.25, 0.3) is 0 Å². The van der Waals surface area contributed by atoms with Crippen molar-refractivity contribution in [1.29, 1.82) is 0 Å². The van der Waals surface area contributed by atoms with Gasteiger partial charge in [-0.2, -0.15) is 0 Å². The summed E-state index contributed by atoms with van der Waals surface area (Å²) in [5.41, 5.74) is 1.43. The van der Waals surface area contributed by atoms with Gasteiger partial charge in [0.1, 0.15) is 0 Å². The number of rotatable bonds is 5. The molecule has 0 aliphatic carbocycles. The summed E-state index contributed by atoms with van der Waals surface area (Å²) in [5.74, 6) is -0.945. The lowest BCUT2D eigenvalue weighted by Gasteiger charge is -2.15. The number of carbonyl (C=O) groups is 1. The molecule has 0 saturated heterocycles. The lowest BCUT2D eigenvalue weighted by Crippen LogP contribution is -2.11. The van der Waals surface area contributed by atoms with E-state index in [-0.39, 0.29) is 11.6 Å². The Hall–Kier alpha value is -1.88. The zero-order valence-corrected chi connectivity index (χ0v) is 12.1. The van der Waals surface area contributed by atoms with Gasteiger partial charge in [0, 0.05) is 10.9 Å². The molecule has 1 N–H and O–H groups in total. The molecule has 0 saturated carbocycles. The maximum Gasteiger partial charge on any atom is 0.358 e. The molecule has 0 spiro atoms. The van der Waals surface area contributed by atoms with Crippen molar-refractivity contribution < 1.29 is 9.90 Å². The number of aromatic nitrogens is 3. The minimum atomic E-state index is -1.05. The Morgan fingerprint density at radius 2 is 1.90 bits per heavy atom. The zero-order chi connectivity index (χ0) is 14.7. The normalized spacial score (nSPS) is 11.0. The van der Waals surface area contributed by atoms with Crippen molar-refractivity contribution >= 4 is 17.6 Å². The van der Waals surface area contributed by atoms with Crippen molar-refractivity contribution in [2.45, 2.75) is 32.6 Å². The highest BCUT2D eigenvalue weighted by molar-refractivity contribution is 6.30. The van der Waals surface area contributed by atoms with E-state index in [1.54, 1.807) is 28.9 Å². The van der Waals surface area contributed by atoms with Gasteiger partial charge in [-0.05, 0) is 37.1 Å². The molecule has 2 aromatic rings. The summed E-state index contributed by atoms with van der Waals surface area (Å²) in [6.07, 6.45) is 1.66. The van der Waals surface area contributed by atoms with Crippen LogP contribution in [0.15, 0.2) is 24.3 Å². The van der Waals surface area contributed by atoms with Crippen LogP contribution in [0.1, 0.15) is 48.8 Å². The van der Waals surface area contributed by atoms with Crippen molar-refractivity contribution in [1.82, 2.24) is 15.0 Å². The van der Waals surface area contributed by atoms with E-state index in [1.165, 1.54) is 0 Å². The van der Waals surface area contributed by atoms with Crippen molar-refractivity contribution in [2.75, 3.05) is 0 Å². The Morgan fingerprint density at radius 3 is 2.40 bits per heavy atom. The average molecular weight is 294 g/mol. The maximum absolute atomic E-state index is 11.3. The van der Waals surface area contributed by atoms with Gasteiger partial charge in [-0.1, -0.05) is 30.7 Å². The monoisotopic (exact) mass is 293 g/mol. The minimum absolute atomic E-state index is 0.0219. The van der Waals surface area contributed by atoms with Crippen LogP contribution in [-0.2, 0) is 0 Å². The van der Waals surface area contributed by atoms with E-state index in [0.29, 0.717) is 10.7 Å². The molecule has 6 heteroatoms. The molecule has 106 valence electrons. The first-order chi connectivity index (χ1) is 9.58. The molecule has 0 amide bonds. The fourth-order valence-electron chi connectivity index (χ4n) is 2.26. The number of carboxylic acids is 1. The van der Waals surface area contributed by atoms with Crippen LogP contribution < -0.4 is 0 Å². The Kier molecular flexibility index (Phi) is 4.39. The predicted octanol–water partition coefficient (Wildman–Crippen LogP) is 3.52. The Bertz CT molecular complexity index is 603. The minimum Gasteiger partial charge on any atom is -0.476 e. The van der Waals surface area contributed by atoms with Crippen LogP contribution in [0, 0.1) is 0 Å². The Balaban J connectivity index is 2.58. The van der Waals surface area contributed by atoms with Crippen LogP contribution >= 0.6 is 11.6 Å². The molecule has 0 unspecified atom stereocenters. The van der Waals surface area contributed by atoms with Gasteiger partial charge in [0.2, 0.25) is 0 Å². The number of carboxylic acid groups (broad SMARTS) is 1. The molecule has 1 aromatic carbocycles. The third-order valence-electron chi connectivity index (χ3n) is 3.35. The zero-order valence-electron chi connectivity index (χ0n) is 11.4. The van der Waals surface area contributed by atoms with Gasteiger partial charge in [-0.25, -0.2) is 9.48 Å². The Labute approximate surface area is 122 Å². The molecule has 0 aliphatic heterocycles. The molecule has 2 rings (SSSR count). The van der Waals surface area contributed by atoms with Gasteiger partial charge in [0.15, 0.2) is 5.69 Å². The predicted molar refractivity (Wildman–Crippen MR) is 76.7 cm³/mol. The Morgan fingerprint density at radius 1 is 1.30 bits per heavy atom. The first-order valence-electron chi connectivity index (χ1n) is 6.53. The second-order valence-corrected chi connectivity index (χ2v) is 4.97. The molecule has 1 heterocycles. The third kappa shape index (κ3) is 2.67. The van der Waals surface area contributed by atoms with E-state index in [2.05, 4.69) is 10.3 Å². The van der Waals surface area contributed by atoms with E-state index < -0.39 is 5.97 Å². The van der Waals surface area contributed by atoms with E-state index in [0.717, 1.165) is 18.5 Å². The number of hydrogen-bond acceptors (Lipinski definition) is 3. The van der Waals surface area contributed by atoms with Crippen LogP contribution in [0.2, 0.25) is 5.02 Å². The molecule has 0 radical (unpaired) electrons. The summed E-state index contributed by atoms with van der Waals surface area (Å²) in [7, 11) is 0. The number of nitrogens with zero attached hydrogens (tertiary/aromatic N) is 3. The van der Waals surface area contributed by atoms with Gasteiger partial charge in [-0.3, -0.25) is 0 Å². The van der Waals surface area contributed by atoms with Crippen molar-refractivity contribution in [3.05, 3.63) is 40.7 Å². The van der Waals surface area contributed by atoms with Crippen molar-refractivity contribution in [2.24, 2.45) is 0 Å². The van der Waals surface area contributed by atoms with Crippen LogP contribution in [0.3, 0.4) is 0 Å². The summed E-state index contributed by atoms with van der Waals surface area (Å²) in [5, 5.41) is 17.7. The molecule has 0 aliphatic rings. The van der Waals surface area contributed by atoms with Crippen LogP contribution in [0.5, 0.6) is 0 Å². The summed E-state index contributed by atoms with van der Waals surface area (Å²) < 4.78 is 1.59. The molecule has 0 fully saturated rings. The van der Waals surface area contributed by atoms with Crippen LogP contribution in [0.25, 0.3) is 5.69 Å². The highest BCUT2D eigenvalue weighted by Gasteiger charge is 2.25.